The van der Waals surface area contributed by atoms with Gasteiger partial charge in [-0.3, -0.25) is 9.48 Å². The van der Waals surface area contributed by atoms with Crippen LogP contribution in [0, 0.1) is 27.7 Å². The lowest BCUT2D eigenvalue weighted by atomic mass is 10.1. The molecule has 4 aromatic rings. The molecule has 0 radical (unpaired) electrons. The number of amides is 1. The van der Waals surface area contributed by atoms with Gasteiger partial charge in [-0.1, -0.05) is 24.3 Å². The Morgan fingerprint density at radius 1 is 1.12 bits per heavy atom. The number of aryl methyl sites for hydroxylation is 3. The van der Waals surface area contributed by atoms with Crippen molar-refractivity contribution < 1.29 is 18.0 Å². The monoisotopic (exact) mass is 520 g/mol. The van der Waals surface area contributed by atoms with Gasteiger partial charge in [-0.15, -0.1) is 0 Å². The zero-order valence-corrected chi connectivity index (χ0v) is 19.8. The number of nitrogens with one attached hydrogen (secondary N) is 1. The first-order chi connectivity index (χ1) is 15.5. The molecule has 0 aliphatic carbocycles. The number of rotatable bonds is 4. The predicted molar refractivity (Wildman–Crippen MR) is 120 cm³/mol. The van der Waals surface area contributed by atoms with Crippen LogP contribution in [0.1, 0.15) is 44.4 Å². The average Bonchev–Trinajstić information content (AvgIpc) is 3.20. The molecular weight excluding hydrogens is 501 g/mol. The summed E-state index contributed by atoms with van der Waals surface area (Å²) in [5.74, 6) is -0.667. The molecule has 4 rings (SSSR count). The Kier molecular flexibility index (Phi) is 5.77. The molecule has 0 bridgehead atoms. The Morgan fingerprint density at radius 3 is 2.48 bits per heavy atom. The molecule has 1 aromatic carbocycles. The number of anilines is 1. The van der Waals surface area contributed by atoms with Crippen molar-refractivity contribution in [3.05, 3.63) is 74.4 Å². The van der Waals surface area contributed by atoms with Crippen molar-refractivity contribution >= 4 is 33.2 Å². The summed E-state index contributed by atoms with van der Waals surface area (Å²) in [4.78, 5) is 17.1. The van der Waals surface area contributed by atoms with E-state index < -0.39 is 17.8 Å². The summed E-state index contributed by atoms with van der Waals surface area (Å²) in [6, 6.07) is 8.81. The number of benzene rings is 1. The number of alkyl halides is 3. The second kappa shape index (κ2) is 8.29. The first kappa shape index (κ1) is 23.0. The van der Waals surface area contributed by atoms with Crippen molar-refractivity contribution in [3.8, 4) is 0 Å². The third-order valence-electron chi connectivity index (χ3n) is 5.37. The average molecular weight is 521 g/mol. The van der Waals surface area contributed by atoms with Crippen LogP contribution in [0.4, 0.5) is 18.9 Å². The van der Waals surface area contributed by atoms with Crippen molar-refractivity contribution in [1.82, 2.24) is 24.4 Å². The van der Waals surface area contributed by atoms with Crippen molar-refractivity contribution in [2.75, 3.05) is 5.32 Å². The lowest BCUT2D eigenvalue weighted by Gasteiger charge is -2.09. The van der Waals surface area contributed by atoms with Gasteiger partial charge in [0.15, 0.2) is 11.3 Å². The maximum atomic E-state index is 13.5. The van der Waals surface area contributed by atoms with Gasteiger partial charge < -0.3 is 5.32 Å². The highest BCUT2D eigenvalue weighted by Gasteiger charge is 2.36. The quantitative estimate of drug-likeness (QED) is 0.399. The van der Waals surface area contributed by atoms with Gasteiger partial charge in [0.25, 0.3) is 5.91 Å². The summed E-state index contributed by atoms with van der Waals surface area (Å²) in [7, 11) is 0. The number of aromatic nitrogens is 5. The van der Waals surface area contributed by atoms with Crippen LogP contribution >= 0.6 is 15.9 Å². The van der Waals surface area contributed by atoms with Gasteiger partial charge in [-0.2, -0.15) is 23.4 Å². The third kappa shape index (κ3) is 4.24. The van der Waals surface area contributed by atoms with Gasteiger partial charge >= 0.3 is 6.18 Å². The minimum absolute atomic E-state index is 0.0804. The van der Waals surface area contributed by atoms with E-state index in [2.05, 4.69) is 36.4 Å². The lowest BCUT2D eigenvalue weighted by Crippen LogP contribution is -2.16. The van der Waals surface area contributed by atoms with E-state index in [0.29, 0.717) is 28.1 Å². The molecule has 0 unspecified atom stereocenters. The molecule has 0 fully saturated rings. The first-order valence-electron chi connectivity index (χ1n) is 10.00. The highest BCUT2D eigenvalue weighted by molar-refractivity contribution is 9.10. The fraction of sp³-hybridized carbons (Fsp3) is 0.273. The normalized spacial score (nSPS) is 11.9. The van der Waals surface area contributed by atoms with Crippen LogP contribution in [-0.4, -0.2) is 30.3 Å². The number of hydrogen-bond acceptors (Lipinski definition) is 4. The number of carbonyl (C=O) groups excluding carboxylic acids is 1. The van der Waals surface area contributed by atoms with Gasteiger partial charge in [0.05, 0.1) is 28.1 Å². The summed E-state index contributed by atoms with van der Waals surface area (Å²) >= 11 is 3.20. The largest absolute Gasteiger partial charge is 0.433 e. The van der Waals surface area contributed by atoms with Crippen LogP contribution < -0.4 is 5.32 Å². The zero-order chi connectivity index (χ0) is 24.1. The number of halogens is 4. The van der Waals surface area contributed by atoms with Crippen molar-refractivity contribution in [2.24, 2.45) is 0 Å². The molecule has 3 aromatic heterocycles. The Labute approximate surface area is 195 Å². The number of carbonyl (C=O) groups is 1. The number of hydrogen-bond donors (Lipinski definition) is 1. The standard InChI is InChI=1S/C22H20BrF3N6O/c1-11-7-5-6-8-15(11)10-31-14(4)18(13(3)29-31)28-21(33)19-17(23)20-27-12(2)9-16(22(24,25)26)32(20)30-19/h5-9H,10H2,1-4H3,(H,28,33). The van der Waals surface area contributed by atoms with E-state index in [0.717, 1.165) is 17.2 Å². The van der Waals surface area contributed by atoms with E-state index in [1.165, 1.54) is 6.92 Å². The van der Waals surface area contributed by atoms with Crippen LogP contribution in [0.15, 0.2) is 34.8 Å². The minimum atomic E-state index is -4.66. The smallest absolute Gasteiger partial charge is 0.317 e. The van der Waals surface area contributed by atoms with E-state index in [4.69, 9.17) is 0 Å². The summed E-state index contributed by atoms with van der Waals surface area (Å²) in [5.41, 5.74) is 2.85. The summed E-state index contributed by atoms with van der Waals surface area (Å²) in [5, 5.41) is 11.2. The molecule has 0 saturated carbocycles. The zero-order valence-electron chi connectivity index (χ0n) is 18.3. The van der Waals surface area contributed by atoms with Crippen molar-refractivity contribution in [3.63, 3.8) is 0 Å². The SMILES string of the molecule is Cc1cc(C(F)(F)F)n2nc(C(=O)Nc3c(C)nn(Cc4ccccc4C)c3C)c(Br)c2n1. The molecule has 33 heavy (non-hydrogen) atoms. The molecule has 7 nitrogen and oxygen atoms in total. The number of fused-ring (bicyclic) bond motifs is 1. The van der Waals surface area contributed by atoms with Gasteiger partial charge in [-0.25, -0.2) is 9.50 Å². The maximum Gasteiger partial charge on any atom is 0.433 e. The molecule has 0 aliphatic rings. The molecule has 3 heterocycles. The second-order valence-electron chi connectivity index (χ2n) is 7.76. The summed E-state index contributed by atoms with van der Waals surface area (Å²) < 4.78 is 43.0. The van der Waals surface area contributed by atoms with E-state index in [-0.39, 0.29) is 21.5 Å². The summed E-state index contributed by atoms with van der Waals surface area (Å²) in [6.45, 7) is 7.55. The van der Waals surface area contributed by atoms with E-state index >= 15 is 0 Å². The van der Waals surface area contributed by atoms with Crippen LogP contribution in [-0.2, 0) is 12.7 Å². The van der Waals surface area contributed by atoms with E-state index in [1.807, 2.05) is 38.1 Å². The predicted octanol–water partition coefficient (Wildman–Crippen LogP) is 5.24. The van der Waals surface area contributed by atoms with Gasteiger partial charge in [-0.05, 0) is 60.8 Å². The lowest BCUT2D eigenvalue weighted by molar-refractivity contribution is -0.142. The minimum Gasteiger partial charge on any atom is -0.317 e. The number of nitrogens with zero attached hydrogens (tertiary/aromatic N) is 5. The Hall–Kier alpha value is -3.21. The van der Waals surface area contributed by atoms with Crippen molar-refractivity contribution in [1.29, 1.82) is 0 Å². The molecule has 172 valence electrons. The van der Waals surface area contributed by atoms with Crippen LogP contribution in [0.3, 0.4) is 0 Å². The highest BCUT2D eigenvalue weighted by Crippen LogP contribution is 2.33. The third-order valence-corrected chi connectivity index (χ3v) is 6.10. The topological polar surface area (TPSA) is 77.1 Å². The molecule has 11 heteroatoms. The molecule has 0 atom stereocenters. The van der Waals surface area contributed by atoms with Gasteiger partial charge in [0.2, 0.25) is 0 Å². The Morgan fingerprint density at radius 2 is 1.82 bits per heavy atom. The van der Waals surface area contributed by atoms with Gasteiger partial charge in [0, 0.05) is 5.69 Å². The molecule has 0 spiro atoms. The van der Waals surface area contributed by atoms with Gasteiger partial charge in [0.1, 0.15) is 5.69 Å². The van der Waals surface area contributed by atoms with E-state index in [1.54, 1.807) is 11.6 Å². The molecule has 0 saturated heterocycles. The Bertz CT molecular complexity index is 1390. The molecule has 0 aliphatic heterocycles. The maximum absolute atomic E-state index is 13.5. The Balaban J connectivity index is 1.69. The van der Waals surface area contributed by atoms with Crippen LogP contribution in [0.2, 0.25) is 0 Å². The summed E-state index contributed by atoms with van der Waals surface area (Å²) in [6.07, 6.45) is -4.66. The van der Waals surface area contributed by atoms with Crippen LogP contribution in [0.25, 0.3) is 5.65 Å². The fourth-order valence-electron chi connectivity index (χ4n) is 3.61. The van der Waals surface area contributed by atoms with Crippen molar-refractivity contribution in [2.45, 2.75) is 40.4 Å². The van der Waals surface area contributed by atoms with E-state index in [9.17, 15) is 18.0 Å². The van der Waals surface area contributed by atoms with Crippen LogP contribution in [0.5, 0.6) is 0 Å². The fourth-order valence-corrected chi connectivity index (χ4v) is 4.13. The molecule has 1 amide bonds. The second-order valence-corrected chi connectivity index (χ2v) is 8.56. The highest BCUT2D eigenvalue weighted by atomic mass is 79.9. The molecule has 1 N–H and O–H groups in total. The first-order valence-corrected chi connectivity index (χ1v) is 10.8. The molecular formula is C22H20BrF3N6O.